The molecule has 1 unspecified atom stereocenters. The van der Waals surface area contributed by atoms with Crippen molar-refractivity contribution < 1.29 is 14.6 Å². The lowest BCUT2D eigenvalue weighted by atomic mass is 10.1. The first-order valence-corrected chi connectivity index (χ1v) is 6.00. The lowest BCUT2D eigenvalue weighted by Crippen LogP contribution is -2.17. The molecule has 18 heavy (non-hydrogen) atoms. The van der Waals surface area contributed by atoms with Crippen LogP contribution in [-0.4, -0.2) is 17.7 Å². The first-order valence-electron chi connectivity index (χ1n) is 5.62. The number of carbonyl (C=O) groups is 1. The molecule has 1 atom stereocenters. The van der Waals surface area contributed by atoms with Crippen molar-refractivity contribution in [2.45, 2.75) is 6.92 Å². The molecule has 0 saturated heterocycles. The van der Waals surface area contributed by atoms with Crippen LogP contribution in [0.25, 0.3) is 10.8 Å². The van der Waals surface area contributed by atoms with Crippen LogP contribution in [0.1, 0.15) is 6.92 Å². The minimum atomic E-state index is -0.867. The van der Waals surface area contributed by atoms with Crippen LogP contribution in [0.15, 0.2) is 36.4 Å². The lowest BCUT2D eigenvalue weighted by Gasteiger charge is -2.12. The number of ether oxygens (including phenoxy) is 1. The Bertz CT molecular complexity index is 580. The monoisotopic (exact) mass is 264 g/mol. The van der Waals surface area contributed by atoms with Crippen LogP contribution in [0.4, 0.5) is 0 Å². The van der Waals surface area contributed by atoms with E-state index < -0.39 is 11.9 Å². The summed E-state index contributed by atoms with van der Waals surface area (Å²) in [5.41, 5.74) is 0. The number of aliphatic carboxylic acids is 1. The zero-order valence-corrected chi connectivity index (χ0v) is 10.6. The van der Waals surface area contributed by atoms with Gasteiger partial charge in [0.1, 0.15) is 12.4 Å². The minimum absolute atomic E-state index is 0.140. The molecular weight excluding hydrogens is 252 g/mol. The summed E-state index contributed by atoms with van der Waals surface area (Å²) in [5, 5.41) is 11.3. The molecule has 0 aliphatic heterocycles. The number of carboxylic acid groups (broad SMARTS) is 1. The van der Waals surface area contributed by atoms with Crippen molar-refractivity contribution in [3.05, 3.63) is 41.4 Å². The molecule has 0 aromatic heterocycles. The van der Waals surface area contributed by atoms with E-state index in [0.29, 0.717) is 10.8 Å². The van der Waals surface area contributed by atoms with E-state index in [4.69, 9.17) is 21.4 Å². The summed E-state index contributed by atoms with van der Waals surface area (Å²) in [5.74, 6) is -0.754. The molecule has 0 radical (unpaired) electrons. The summed E-state index contributed by atoms with van der Waals surface area (Å²) in [6.07, 6.45) is 0. The van der Waals surface area contributed by atoms with Crippen molar-refractivity contribution >= 4 is 28.3 Å². The van der Waals surface area contributed by atoms with E-state index in [-0.39, 0.29) is 6.61 Å². The zero-order valence-electron chi connectivity index (χ0n) is 9.89. The summed E-state index contributed by atoms with van der Waals surface area (Å²) in [4.78, 5) is 10.7. The van der Waals surface area contributed by atoms with Gasteiger partial charge >= 0.3 is 5.97 Å². The van der Waals surface area contributed by atoms with Crippen molar-refractivity contribution in [3.8, 4) is 5.75 Å². The Morgan fingerprint density at radius 1 is 1.28 bits per heavy atom. The molecule has 94 valence electrons. The summed E-state index contributed by atoms with van der Waals surface area (Å²) >= 11 is 6.09. The molecule has 0 amide bonds. The Morgan fingerprint density at radius 3 is 2.61 bits per heavy atom. The van der Waals surface area contributed by atoms with Gasteiger partial charge in [-0.1, -0.05) is 35.9 Å². The number of hydrogen-bond donors (Lipinski definition) is 1. The summed E-state index contributed by atoms with van der Waals surface area (Å²) < 4.78 is 5.56. The number of halogens is 1. The smallest absolute Gasteiger partial charge is 0.309 e. The van der Waals surface area contributed by atoms with Gasteiger partial charge in [0.15, 0.2) is 0 Å². The van der Waals surface area contributed by atoms with E-state index in [9.17, 15) is 4.79 Å². The van der Waals surface area contributed by atoms with E-state index in [1.54, 1.807) is 19.1 Å². The minimum Gasteiger partial charge on any atom is -0.492 e. The van der Waals surface area contributed by atoms with Gasteiger partial charge in [0.25, 0.3) is 0 Å². The maximum Gasteiger partial charge on any atom is 0.309 e. The fraction of sp³-hybridized carbons (Fsp3) is 0.214. The second kappa shape index (κ2) is 5.27. The normalized spacial score (nSPS) is 12.3. The van der Waals surface area contributed by atoms with E-state index in [1.807, 2.05) is 24.3 Å². The molecule has 0 aliphatic carbocycles. The van der Waals surface area contributed by atoms with Crippen LogP contribution < -0.4 is 4.74 Å². The number of rotatable bonds is 4. The fourth-order valence-electron chi connectivity index (χ4n) is 1.65. The third kappa shape index (κ3) is 2.57. The van der Waals surface area contributed by atoms with E-state index in [2.05, 4.69) is 0 Å². The first kappa shape index (κ1) is 12.7. The first-order chi connectivity index (χ1) is 8.59. The second-order valence-corrected chi connectivity index (χ2v) is 4.55. The fourth-order valence-corrected chi connectivity index (χ4v) is 1.87. The van der Waals surface area contributed by atoms with Crippen LogP contribution in [0.3, 0.4) is 0 Å². The number of carboxylic acids is 1. The predicted molar refractivity (Wildman–Crippen MR) is 71.3 cm³/mol. The maximum absolute atomic E-state index is 10.7. The topological polar surface area (TPSA) is 46.5 Å². The van der Waals surface area contributed by atoms with E-state index >= 15 is 0 Å². The molecule has 0 heterocycles. The van der Waals surface area contributed by atoms with Gasteiger partial charge in [0, 0.05) is 15.8 Å². The quantitative estimate of drug-likeness (QED) is 0.918. The molecule has 0 bridgehead atoms. The van der Waals surface area contributed by atoms with Crippen LogP contribution in [0.2, 0.25) is 5.02 Å². The summed E-state index contributed by atoms with van der Waals surface area (Å²) in [6.45, 7) is 1.75. The number of hydrogen-bond acceptors (Lipinski definition) is 2. The standard InChI is InChI=1S/C14H13ClO3/c1-9(14(16)17)8-18-13-7-6-12(15)10-4-2-3-5-11(10)13/h2-7,9H,8H2,1H3,(H,16,17). The van der Waals surface area contributed by atoms with Crippen molar-refractivity contribution in [2.75, 3.05) is 6.61 Å². The Labute approximate surface area is 110 Å². The van der Waals surface area contributed by atoms with E-state index in [1.165, 1.54) is 0 Å². The lowest BCUT2D eigenvalue weighted by molar-refractivity contribution is -0.142. The molecule has 0 saturated carbocycles. The molecule has 1 N–H and O–H groups in total. The highest BCUT2D eigenvalue weighted by Gasteiger charge is 2.12. The Hall–Kier alpha value is -1.74. The van der Waals surface area contributed by atoms with Crippen molar-refractivity contribution in [1.29, 1.82) is 0 Å². The van der Waals surface area contributed by atoms with Gasteiger partial charge in [-0.3, -0.25) is 4.79 Å². The average molecular weight is 265 g/mol. The zero-order chi connectivity index (χ0) is 13.1. The van der Waals surface area contributed by atoms with E-state index in [0.717, 1.165) is 10.8 Å². The van der Waals surface area contributed by atoms with Crippen LogP contribution in [0, 0.1) is 5.92 Å². The second-order valence-electron chi connectivity index (χ2n) is 4.14. The third-order valence-electron chi connectivity index (χ3n) is 2.74. The molecule has 0 spiro atoms. The third-order valence-corrected chi connectivity index (χ3v) is 3.07. The van der Waals surface area contributed by atoms with Gasteiger partial charge in [-0.05, 0) is 19.1 Å². The van der Waals surface area contributed by atoms with Crippen LogP contribution in [0.5, 0.6) is 5.75 Å². The van der Waals surface area contributed by atoms with Crippen molar-refractivity contribution in [1.82, 2.24) is 0 Å². The molecule has 3 nitrogen and oxygen atoms in total. The Balaban J connectivity index is 2.29. The number of fused-ring (bicyclic) bond motifs is 1. The molecular formula is C14H13ClO3. The highest BCUT2D eigenvalue weighted by molar-refractivity contribution is 6.35. The molecule has 2 aromatic carbocycles. The summed E-state index contributed by atoms with van der Waals surface area (Å²) in [6, 6.07) is 11.1. The number of benzene rings is 2. The van der Waals surface area contributed by atoms with Crippen molar-refractivity contribution in [2.24, 2.45) is 5.92 Å². The van der Waals surface area contributed by atoms with Gasteiger partial charge in [0.2, 0.25) is 0 Å². The maximum atomic E-state index is 10.7. The Morgan fingerprint density at radius 2 is 1.94 bits per heavy atom. The van der Waals surface area contributed by atoms with Gasteiger partial charge in [-0.2, -0.15) is 0 Å². The highest BCUT2D eigenvalue weighted by Crippen LogP contribution is 2.31. The van der Waals surface area contributed by atoms with Gasteiger partial charge in [0.05, 0.1) is 5.92 Å². The largest absolute Gasteiger partial charge is 0.492 e. The van der Waals surface area contributed by atoms with Gasteiger partial charge in [-0.15, -0.1) is 0 Å². The molecule has 2 rings (SSSR count). The van der Waals surface area contributed by atoms with Crippen LogP contribution >= 0.6 is 11.6 Å². The van der Waals surface area contributed by atoms with Gasteiger partial charge < -0.3 is 9.84 Å². The molecule has 0 fully saturated rings. The SMILES string of the molecule is CC(COc1ccc(Cl)c2ccccc12)C(=O)O. The predicted octanol–water partition coefficient (Wildman–Crippen LogP) is 3.59. The van der Waals surface area contributed by atoms with Crippen LogP contribution in [-0.2, 0) is 4.79 Å². The molecule has 4 heteroatoms. The molecule has 2 aromatic rings. The molecule has 0 aliphatic rings. The highest BCUT2D eigenvalue weighted by atomic mass is 35.5. The Kier molecular flexibility index (Phi) is 3.72. The van der Waals surface area contributed by atoms with Gasteiger partial charge in [-0.25, -0.2) is 0 Å². The van der Waals surface area contributed by atoms with Crippen molar-refractivity contribution in [3.63, 3.8) is 0 Å². The summed E-state index contributed by atoms with van der Waals surface area (Å²) in [7, 11) is 0. The average Bonchev–Trinajstić information content (AvgIpc) is 2.38.